The fraction of sp³-hybridized carbons (Fsp3) is 0.0312. The Bertz CT molecular complexity index is 1970. The number of benzene rings is 5. The molecular weight excluding hydrogens is 444 g/mol. The van der Waals surface area contributed by atoms with Crippen molar-refractivity contribution in [2.75, 3.05) is 0 Å². The van der Waals surface area contributed by atoms with Gasteiger partial charge in [0.05, 0.1) is 22.4 Å². The lowest BCUT2D eigenvalue weighted by atomic mass is 10.0. The van der Waals surface area contributed by atoms with E-state index in [1.807, 2.05) is 11.3 Å². The van der Waals surface area contributed by atoms with Crippen LogP contribution in [0.5, 0.6) is 0 Å². The summed E-state index contributed by atoms with van der Waals surface area (Å²) in [5, 5.41) is 5.24. The Morgan fingerprint density at radius 1 is 0.600 bits per heavy atom. The first-order valence-electron chi connectivity index (χ1n) is 11.9. The molecule has 0 amide bonds. The number of aromatic nitrogens is 1. The summed E-state index contributed by atoms with van der Waals surface area (Å²) in [6.45, 7) is 0. The maximum Gasteiger partial charge on any atom is 0.0669 e. The summed E-state index contributed by atoms with van der Waals surface area (Å²) in [7, 11) is 0. The quantitative estimate of drug-likeness (QED) is 0.243. The minimum atomic E-state index is 0.884. The molecule has 8 rings (SSSR count). The molecule has 2 nitrogen and oxygen atoms in total. The molecule has 0 N–H and O–H groups in total. The lowest BCUT2D eigenvalue weighted by Gasteiger charge is -2.09. The minimum Gasteiger partial charge on any atom is -0.309 e. The van der Waals surface area contributed by atoms with Gasteiger partial charge >= 0.3 is 0 Å². The number of hydrogen-bond acceptors (Lipinski definition) is 2. The van der Waals surface area contributed by atoms with Gasteiger partial charge in [-0.05, 0) is 53.6 Å². The van der Waals surface area contributed by atoms with Crippen molar-refractivity contribution in [1.82, 2.24) is 4.57 Å². The molecule has 0 unspecified atom stereocenters. The van der Waals surface area contributed by atoms with Gasteiger partial charge < -0.3 is 4.57 Å². The summed E-state index contributed by atoms with van der Waals surface area (Å²) in [4.78, 5) is 4.96. The molecule has 1 aliphatic rings. The zero-order valence-corrected chi connectivity index (χ0v) is 19.7. The van der Waals surface area contributed by atoms with Gasteiger partial charge in [-0.3, -0.25) is 4.99 Å². The van der Waals surface area contributed by atoms with Gasteiger partial charge in [0.2, 0.25) is 0 Å². The van der Waals surface area contributed by atoms with E-state index in [1.54, 1.807) is 0 Å². The van der Waals surface area contributed by atoms with Crippen LogP contribution in [-0.4, -0.2) is 10.3 Å². The van der Waals surface area contributed by atoms with Crippen LogP contribution in [-0.2, 0) is 6.42 Å². The van der Waals surface area contributed by atoms with Gasteiger partial charge in [0, 0.05) is 43.1 Å². The molecule has 35 heavy (non-hydrogen) atoms. The van der Waals surface area contributed by atoms with E-state index in [1.165, 1.54) is 58.8 Å². The molecule has 7 aromatic rings. The first kappa shape index (κ1) is 19.1. The molecule has 3 heteroatoms. The Hall–Kier alpha value is -4.21. The van der Waals surface area contributed by atoms with E-state index >= 15 is 0 Å². The van der Waals surface area contributed by atoms with E-state index in [-0.39, 0.29) is 0 Å². The lowest BCUT2D eigenvalue weighted by Crippen LogP contribution is -2.01. The van der Waals surface area contributed by atoms with Crippen molar-refractivity contribution in [2.24, 2.45) is 4.99 Å². The highest BCUT2D eigenvalue weighted by Crippen LogP contribution is 2.41. The van der Waals surface area contributed by atoms with E-state index in [9.17, 15) is 0 Å². The SMILES string of the molecule is c1ccc(-n2c3cc(C4=Nc5ccccc5C4)ccc3c3cc4sc5ccccc5c4cc32)cc1. The predicted molar refractivity (Wildman–Crippen MR) is 150 cm³/mol. The summed E-state index contributed by atoms with van der Waals surface area (Å²) in [5.74, 6) is 0. The topological polar surface area (TPSA) is 17.3 Å². The highest BCUT2D eigenvalue weighted by molar-refractivity contribution is 7.25. The fourth-order valence-electron chi connectivity index (χ4n) is 5.57. The molecule has 0 saturated heterocycles. The van der Waals surface area contributed by atoms with E-state index in [2.05, 4.69) is 114 Å². The summed E-state index contributed by atoms with van der Waals surface area (Å²) in [6, 6.07) is 39.5. The second-order valence-electron chi connectivity index (χ2n) is 9.23. The first-order chi connectivity index (χ1) is 17.3. The van der Waals surface area contributed by atoms with Crippen molar-refractivity contribution in [3.63, 3.8) is 0 Å². The Morgan fingerprint density at radius 2 is 1.40 bits per heavy atom. The Balaban J connectivity index is 1.44. The highest BCUT2D eigenvalue weighted by Gasteiger charge is 2.19. The van der Waals surface area contributed by atoms with Crippen LogP contribution in [0.15, 0.2) is 114 Å². The van der Waals surface area contributed by atoms with Crippen molar-refractivity contribution in [2.45, 2.75) is 6.42 Å². The first-order valence-corrected chi connectivity index (χ1v) is 12.8. The average molecular weight is 465 g/mol. The molecule has 0 spiro atoms. The normalized spacial score (nSPS) is 13.2. The average Bonchev–Trinajstić information content (AvgIpc) is 3.59. The molecule has 5 aromatic carbocycles. The molecule has 3 heterocycles. The van der Waals surface area contributed by atoms with Gasteiger partial charge in [-0.1, -0.05) is 66.7 Å². The zero-order chi connectivity index (χ0) is 22.9. The van der Waals surface area contributed by atoms with E-state index < -0.39 is 0 Å². The third-order valence-electron chi connectivity index (χ3n) is 7.22. The molecule has 0 fully saturated rings. The Morgan fingerprint density at radius 3 is 2.31 bits per heavy atom. The van der Waals surface area contributed by atoms with Crippen LogP contribution < -0.4 is 0 Å². The second-order valence-corrected chi connectivity index (χ2v) is 10.3. The number of nitrogens with zero attached hydrogens (tertiary/aromatic N) is 2. The molecule has 1 aliphatic heterocycles. The molecule has 0 saturated carbocycles. The van der Waals surface area contributed by atoms with Crippen LogP contribution in [0.1, 0.15) is 11.1 Å². The number of hydrogen-bond donors (Lipinski definition) is 0. The van der Waals surface area contributed by atoms with Crippen LogP contribution >= 0.6 is 11.3 Å². The maximum atomic E-state index is 4.96. The fourth-order valence-corrected chi connectivity index (χ4v) is 6.70. The van der Waals surface area contributed by atoms with Gasteiger partial charge in [0.1, 0.15) is 0 Å². The third kappa shape index (κ3) is 2.79. The minimum absolute atomic E-state index is 0.884. The van der Waals surface area contributed by atoms with Gasteiger partial charge in [-0.25, -0.2) is 0 Å². The van der Waals surface area contributed by atoms with Crippen molar-refractivity contribution in [3.05, 3.63) is 120 Å². The van der Waals surface area contributed by atoms with Gasteiger partial charge in [0.25, 0.3) is 0 Å². The summed E-state index contributed by atoms with van der Waals surface area (Å²) in [5.41, 5.74) is 8.39. The summed E-state index contributed by atoms with van der Waals surface area (Å²) < 4.78 is 5.10. The van der Waals surface area contributed by atoms with Crippen LogP contribution in [0.2, 0.25) is 0 Å². The standard InChI is InChI=1S/C32H20N2S/c1-2-9-22(10-3-1)34-29-17-21(28-16-20-8-4-6-12-27(20)33-28)14-15-23(29)25-19-32-26(18-30(25)34)24-11-5-7-13-31(24)35-32/h1-15,17-19H,16H2. The van der Waals surface area contributed by atoms with Crippen molar-refractivity contribution in [1.29, 1.82) is 0 Å². The number of aliphatic imine (C=N–C) groups is 1. The van der Waals surface area contributed by atoms with Gasteiger partial charge in [0.15, 0.2) is 0 Å². The highest BCUT2D eigenvalue weighted by atomic mass is 32.1. The smallest absolute Gasteiger partial charge is 0.0669 e. The van der Waals surface area contributed by atoms with Crippen LogP contribution in [0, 0.1) is 0 Å². The lowest BCUT2D eigenvalue weighted by molar-refractivity contribution is 1.18. The molecule has 0 bridgehead atoms. The molecular formula is C32H20N2S. The van der Waals surface area contributed by atoms with Crippen molar-refractivity contribution < 1.29 is 0 Å². The number of thiophene rings is 1. The molecule has 0 radical (unpaired) electrons. The van der Waals surface area contributed by atoms with Crippen LogP contribution in [0.3, 0.4) is 0 Å². The predicted octanol–water partition coefficient (Wildman–Crippen LogP) is 8.83. The largest absolute Gasteiger partial charge is 0.309 e. The number of para-hydroxylation sites is 2. The Kier molecular flexibility index (Phi) is 3.91. The Labute approximate surface area is 206 Å². The summed E-state index contributed by atoms with van der Waals surface area (Å²) >= 11 is 1.88. The van der Waals surface area contributed by atoms with Gasteiger partial charge in [-0.15, -0.1) is 11.3 Å². The van der Waals surface area contributed by atoms with Crippen molar-refractivity contribution >= 4 is 64.7 Å². The number of fused-ring (bicyclic) bond motifs is 7. The molecule has 164 valence electrons. The van der Waals surface area contributed by atoms with Crippen molar-refractivity contribution in [3.8, 4) is 5.69 Å². The monoisotopic (exact) mass is 464 g/mol. The third-order valence-corrected chi connectivity index (χ3v) is 8.35. The summed E-state index contributed by atoms with van der Waals surface area (Å²) in [6.07, 6.45) is 0.884. The molecule has 2 aromatic heterocycles. The zero-order valence-electron chi connectivity index (χ0n) is 18.9. The van der Waals surface area contributed by atoms with Crippen LogP contribution in [0.25, 0.3) is 47.7 Å². The van der Waals surface area contributed by atoms with E-state index in [0.29, 0.717) is 0 Å². The second kappa shape index (κ2) is 7.14. The molecule has 0 atom stereocenters. The van der Waals surface area contributed by atoms with E-state index in [4.69, 9.17) is 4.99 Å². The number of rotatable bonds is 2. The van der Waals surface area contributed by atoms with Crippen LogP contribution in [0.4, 0.5) is 5.69 Å². The van der Waals surface area contributed by atoms with Gasteiger partial charge in [-0.2, -0.15) is 0 Å². The van der Waals surface area contributed by atoms with E-state index in [0.717, 1.165) is 17.8 Å². The molecule has 0 aliphatic carbocycles. The maximum absolute atomic E-state index is 4.96.